The molecule has 1 aliphatic rings. The van der Waals surface area contributed by atoms with Crippen LogP contribution in [0, 0.1) is 17.3 Å². The van der Waals surface area contributed by atoms with Crippen LogP contribution in [0.4, 0.5) is 0 Å². The zero-order valence-electron chi connectivity index (χ0n) is 12.7. The van der Waals surface area contributed by atoms with Gasteiger partial charge in [0.15, 0.2) is 0 Å². The SMILES string of the molecule is CNCC(C)(C)C(=O)NC1CCC(C(C)C)CC1. The fourth-order valence-electron chi connectivity index (χ4n) is 2.83. The van der Waals surface area contributed by atoms with E-state index < -0.39 is 0 Å². The minimum absolute atomic E-state index is 0.185. The van der Waals surface area contributed by atoms with Crippen LogP contribution in [0.5, 0.6) is 0 Å². The highest BCUT2D eigenvalue weighted by atomic mass is 16.2. The van der Waals surface area contributed by atoms with Crippen molar-refractivity contribution in [3.05, 3.63) is 0 Å². The highest BCUT2D eigenvalue weighted by Gasteiger charge is 2.30. The molecule has 0 aliphatic heterocycles. The Labute approximate surface area is 112 Å². The highest BCUT2D eigenvalue weighted by Crippen LogP contribution is 2.30. The fourth-order valence-corrected chi connectivity index (χ4v) is 2.83. The van der Waals surface area contributed by atoms with Gasteiger partial charge in [-0.3, -0.25) is 4.79 Å². The van der Waals surface area contributed by atoms with Crippen molar-refractivity contribution in [3.63, 3.8) is 0 Å². The third kappa shape index (κ3) is 4.27. The molecule has 18 heavy (non-hydrogen) atoms. The molecule has 1 rings (SSSR count). The van der Waals surface area contributed by atoms with Gasteiger partial charge in [-0.25, -0.2) is 0 Å². The predicted molar refractivity (Wildman–Crippen MR) is 76.4 cm³/mol. The Morgan fingerprint density at radius 2 is 1.78 bits per heavy atom. The maximum Gasteiger partial charge on any atom is 0.227 e. The van der Waals surface area contributed by atoms with Gasteiger partial charge in [0.25, 0.3) is 0 Å². The summed E-state index contributed by atoms with van der Waals surface area (Å²) in [6.07, 6.45) is 4.80. The summed E-state index contributed by atoms with van der Waals surface area (Å²) in [5.74, 6) is 1.82. The number of carbonyl (C=O) groups excluding carboxylic acids is 1. The van der Waals surface area contributed by atoms with E-state index in [9.17, 15) is 4.79 Å². The van der Waals surface area contributed by atoms with E-state index in [1.807, 2.05) is 20.9 Å². The summed E-state index contributed by atoms with van der Waals surface area (Å²) < 4.78 is 0. The van der Waals surface area contributed by atoms with Crippen molar-refractivity contribution in [2.75, 3.05) is 13.6 Å². The molecule has 106 valence electrons. The molecule has 1 aliphatic carbocycles. The maximum absolute atomic E-state index is 12.2. The lowest BCUT2D eigenvalue weighted by Crippen LogP contribution is -2.47. The van der Waals surface area contributed by atoms with Crippen molar-refractivity contribution in [2.45, 2.75) is 59.4 Å². The second-order valence-corrected chi connectivity index (χ2v) is 6.74. The summed E-state index contributed by atoms with van der Waals surface area (Å²) in [5.41, 5.74) is -0.316. The number of hydrogen-bond donors (Lipinski definition) is 2. The first-order valence-corrected chi connectivity index (χ1v) is 7.32. The first-order valence-electron chi connectivity index (χ1n) is 7.32. The number of rotatable bonds is 5. The quantitative estimate of drug-likeness (QED) is 0.791. The van der Waals surface area contributed by atoms with Gasteiger partial charge in [-0.15, -0.1) is 0 Å². The molecule has 1 fully saturated rings. The average molecular weight is 254 g/mol. The van der Waals surface area contributed by atoms with Crippen LogP contribution in [0.2, 0.25) is 0 Å². The topological polar surface area (TPSA) is 41.1 Å². The van der Waals surface area contributed by atoms with E-state index in [0.29, 0.717) is 6.04 Å². The third-order valence-electron chi connectivity index (χ3n) is 4.28. The molecule has 0 unspecified atom stereocenters. The van der Waals surface area contributed by atoms with Gasteiger partial charge in [0.1, 0.15) is 0 Å². The summed E-state index contributed by atoms with van der Waals surface area (Å²) in [5, 5.41) is 6.31. The van der Waals surface area contributed by atoms with Gasteiger partial charge >= 0.3 is 0 Å². The normalized spacial score (nSPS) is 25.2. The summed E-state index contributed by atoms with van der Waals surface area (Å²) in [7, 11) is 1.89. The Hall–Kier alpha value is -0.570. The molecule has 0 radical (unpaired) electrons. The van der Waals surface area contributed by atoms with E-state index in [1.54, 1.807) is 0 Å². The van der Waals surface area contributed by atoms with Crippen molar-refractivity contribution < 1.29 is 4.79 Å². The molecule has 1 saturated carbocycles. The van der Waals surface area contributed by atoms with Crippen molar-refractivity contribution in [1.82, 2.24) is 10.6 Å². The molecule has 0 heterocycles. The van der Waals surface area contributed by atoms with Gasteiger partial charge in [-0.2, -0.15) is 0 Å². The van der Waals surface area contributed by atoms with Crippen molar-refractivity contribution in [1.29, 1.82) is 0 Å². The highest BCUT2D eigenvalue weighted by molar-refractivity contribution is 5.82. The van der Waals surface area contributed by atoms with Crippen LogP contribution >= 0.6 is 0 Å². The summed E-state index contributed by atoms with van der Waals surface area (Å²) in [4.78, 5) is 12.2. The predicted octanol–water partition coefficient (Wildman–Crippen LogP) is 2.56. The second-order valence-electron chi connectivity index (χ2n) is 6.74. The Bertz CT molecular complexity index is 266. The van der Waals surface area contributed by atoms with Gasteiger partial charge in [0, 0.05) is 12.6 Å². The van der Waals surface area contributed by atoms with Crippen LogP contribution in [0.25, 0.3) is 0 Å². The second kappa shape index (κ2) is 6.55. The number of hydrogen-bond acceptors (Lipinski definition) is 2. The van der Waals surface area contributed by atoms with Gasteiger partial charge in [-0.05, 0) is 58.4 Å². The summed E-state index contributed by atoms with van der Waals surface area (Å²) >= 11 is 0. The van der Waals surface area contributed by atoms with E-state index in [2.05, 4.69) is 24.5 Å². The van der Waals surface area contributed by atoms with E-state index in [-0.39, 0.29) is 11.3 Å². The first-order chi connectivity index (χ1) is 8.36. The molecular formula is C15H30N2O. The zero-order chi connectivity index (χ0) is 13.8. The molecule has 0 aromatic heterocycles. The standard InChI is InChI=1S/C15H30N2O/c1-11(2)12-6-8-13(9-7-12)17-14(18)15(3,4)10-16-5/h11-13,16H,6-10H2,1-5H3,(H,17,18). The lowest BCUT2D eigenvalue weighted by atomic mass is 9.79. The largest absolute Gasteiger partial charge is 0.353 e. The van der Waals surface area contributed by atoms with Crippen LogP contribution in [0.15, 0.2) is 0 Å². The smallest absolute Gasteiger partial charge is 0.227 e. The lowest BCUT2D eigenvalue weighted by Gasteiger charge is -2.33. The maximum atomic E-state index is 12.2. The van der Waals surface area contributed by atoms with Crippen LogP contribution in [0.1, 0.15) is 53.4 Å². The number of amides is 1. The zero-order valence-corrected chi connectivity index (χ0v) is 12.7. The molecule has 0 spiro atoms. The Balaban J connectivity index is 2.39. The van der Waals surface area contributed by atoms with Crippen molar-refractivity contribution in [3.8, 4) is 0 Å². The molecule has 0 saturated heterocycles. The van der Waals surface area contributed by atoms with E-state index in [4.69, 9.17) is 0 Å². The molecular weight excluding hydrogens is 224 g/mol. The average Bonchev–Trinajstić information content (AvgIpc) is 2.29. The van der Waals surface area contributed by atoms with Crippen LogP contribution in [-0.2, 0) is 4.79 Å². The Morgan fingerprint density at radius 1 is 1.22 bits per heavy atom. The van der Waals surface area contributed by atoms with Gasteiger partial charge in [0.2, 0.25) is 5.91 Å². The van der Waals surface area contributed by atoms with Crippen molar-refractivity contribution in [2.24, 2.45) is 17.3 Å². The van der Waals surface area contributed by atoms with Crippen LogP contribution < -0.4 is 10.6 Å². The Morgan fingerprint density at radius 3 is 2.22 bits per heavy atom. The molecule has 0 atom stereocenters. The molecule has 3 nitrogen and oxygen atoms in total. The summed E-state index contributed by atoms with van der Waals surface area (Å²) in [6, 6.07) is 0.392. The fraction of sp³-hybridized carbons (Fsp3) is 0.933. The van der Waals surface area contributed by atoms with Crippen molar-refractivity contribution >= 4 is 5.91 Å². The first kappa shape index (κ1) is 15.5. The molecule has 2 N–H and O–H groups in total. The molecule has 1 amide bonds. The number of carbonyl (C=O) groups is 1. The van der Waals surface area contributed by atoms with E-state index >= 15 is 0 Å². The number of nitrogens with one attached hydrogen (secondary N) is 2. The molecule has 3 heteroatoms. The summed E-state index contributed by atoms with van der Waals surface area (Å²) in [6.45, 7) is 9.33. The van der Waals surface area contributed by atoms with Crippen LogP contribution in [0.3, 0.4) is 0 Å². The van der Waals surface area contributed by atoms with E-state index in [1.165, 1.54) is 12.8 Å². The molecule has 0 aromatic rings. The monoisotopic (exact) mass is 254 g/mol. The molecule has 0 aromatic carbocycles. The minimum Gasteiger partial charge on any atom is -0.353 e. The third-order valence-corrected chi connectivity index (χ3v) is 4.28. The van der Waals surface area contributed by atoms with Gasteiger partial charge in [-0.1, -0.05) is 13.8 Å². The lowest BCUT2D eigenvalue weighted by molar-refractivity contribution is -0.130. The minimum atomic E-state index is -0.316. The van der Waals surface area contributed by atoms with E-state index in [0.717, 1.165) is 31.2 Å². The van der Waals surface area contributed by atoms with Gasteiger partial charge in [0.05, 0.1) is 5.41 Å². The Kier molecular flexibility index (Phi) is 5.64. The van der Waals surface area contributed by atoms with Crippen LogP contribution in [-0.4, -0.2) is 25.5 Å². The van der Waals surface area contributed by atoms with Gasteiger partial charge < -0.3 is 10.6 Å². The molecule has 0 bridgehead atoms.